The highest BCUT2D eigenvalue weighted by molar-refractivity contribution is 7.92. The van der Waals surface area contributed by atoms with Crippen LogP contribution < -0.4 is 15.4 Å². The first kappa shape index (κ1) is 23.3. The van der Waals surface area contributed by atoms with Gasteiger partial charge in [0.1, 0.15) is 0 Å². The molecule has 3 N–H and O–H groups in total. The average molecular weight is 472 g/mol. The van der Waals surface area contributed by atoms with E-state index in [0.29, 0.717) is 17.1 Å². The number of benzene rings is 3. The largest absolute Gasteiger partial charge is 0.326 e. The van der Waals surface area contributed by atoms with Crippen molar-refractivity contribution in [2.24, 2.45) is 0 Å². The molecule has 2 amide bonds. The van der Waals surface area contributed by atoms with Crippen LogP contribution in [-0.4, -0.2) is 20.2 Å². The van der Waals surface area contributed by atoms with Gasteiger partial charge in [-0.25, -0.2) is 8.42 Å². The van der Waals surface area contributed by atoms with Crippen molar-refractivity contribution in [3.05, 3.63) is 82.4 Å². The molecule has 3 aromatic rings. The Balaban J connectivity index is 1.85. The summed E-state index contributed by atoms with van der Waals surface area (Å²) in [6.07, 6.45) is 0. The van der Waals surface area contributed by atoms with Gasteiger partial charge in [-0.3, -0.25) is 14.3 Å². The van der Waals surface area contributed by atoms with E-state index in [1.807, 2.05) is 19.9 Å². The maximum atomic E-state index is 12.9. The van der Waals surface area contributed by atoms with Gasteiger partial charge in [-0.05, 0) is 73.5 Å². The second-order valence-corrected chi connectivity index (χ2v) is 9.35. The minimum atomic E-state index is -3.94. The molecule has 0 aliphatic heterocycles. The molecule has 0 heterocycles. The third-order valence-electron chi connectivity index (χ3n) is 4.69. The van der Waals surface area contributed by atoms with Crippen molar-refractivity contribution in [2.75, 3.05) is 15.4 Å². The fourth-order valence-electron chi connectivity index (χ4n) is 2.94. The van der Waals surface area contributed by atoms with Gasteiger partial charge in [-0.15, -0.1) is 0 Å². The predicted molar refractivity (Wildman–Crippen MR) is 127 cm³/mol. The maximum Gasteiger partial charge on any atom is 0.261 e. The molecular formula is C23H22ClN3O4S. The maximum absolute atomic E-state index is 12.9. The number of sulfonamides is 1. The van der Waals surface area contributed by atoms with E-state index in [-0.39, 0.29) is 21.4 Å². The van der Waals surface area contributed by atoms with E-state index in [1.165, 1.54) is 25.1 Å². The lowest BCUT2D eigenvalue weighted by Crippen LogP contribution is -2.16. The molecule has 0 unspecified atom stereocenters. The summed E-state index contributed by atoms with van der Waals surface area (Å²) in [6.45, 7) is 5.20. The van der Waals surface area contributed by atoms with Crippen LogP contribution in [0.25, 0.3) is 0 Å². The minimum Gasteiger partial charge on any atom is -0.326 e. The van der Waals surface area contributed by atoms with Crippen LogP contribution in [0.3, 0.4) is 0 Å². The number of carbonyl (C=O) groups is 2. The first-order chi connectivity index (χ1) is 15.0. The zero-order chi connectivity index (χ0) is 23.5. The summed E-state index contributed by atoms with van der Waals surface area (Å²) in [5, 5.41) is 5.39. The van der Waals surface area contributed by atoms with E-state index in [9.17, 15) is 18.0 Å². The Labute approximate surface area is 191 Å². The summed E-state index contributed by atoms with van der Waals surface area (Å²) < 4.78 is 28.2. The molecule has 3 aromatic carbocycles. The SMILES string of the molecule is CC(=O)Nc1cccc(NC(=O)c2cc(S(=O)(=O)Nc3ccc(C)c(C)c3)ccc2Cl)c1. The number of rotatable bonds is 6. The van der Waals surface area contributed by atoms with Crippen LogP contribution >= 0.6 is 11.6 Å². The van der Waals surface area contributed by atoms with Crippen LogP contribution in [0.4, 0.5) is 17.1 Å². The predicted octanol–water partition coefficient (Wildman–Crippen LogP) is 4.97. The van der Waals surface area contributed by atoms with Crippen molar-refractivity contribution in [3.8, 4) is 0 Å². The number of halogens is 1. The van der Waals surface area contributed by atoms with E-state index < -0.39 is 15.9 Å². The topological polar surface area (TPSA) is 104 Å². The highest BCUT2D eigenvalue weighted by Gasteiger charge is 2.19. The molecule has 0 radical (unpaired) electrons. The first-order valence-corrected chi connectivity index (χ1v) is 11.5. The molecule has 0 fully saturated rings. The van der Waals surface area contributed by atoms with Gasteiger partial charge in [-0.1, -0.05) is 23.7 Å². The summed E-state index contributed by atoms with van der Waals surface area (Å²) in [6, 6.07) is 15.7. The van der Waals surface area contributed by atoms with Gasteiger partial charge in [0.05, 0.1) is 15.5 Å². The number of hydrogen-bond donors (Lipinski definition) is 3. The molecule has 0 aliphatic rings. The first-order valence-electron chi connectivity index (χ1n) is 9.64. The van der Waals surface area contributed by atoms with Crippen LogP contribution in [0.1, 0.15) is 28.4 Å². The van der Waals surface area contributed by atoms with E-state index in [2.05, 4.69) is 15.4 Å². The highest BCUT2D eigenvalue weighted by Crippen LogP contribution is 2.25. The van der Waals surface area contributed by atoms with E-state index in [0.717, 1.165) is 11.1 Å². The number of amides is 2. The van der Waals surface area contributed by atoms with E-state index >= 15 is 0 Å². The Bertz CT molecular complexity index is 1310. The third-order valence-corrected chi connectivity index (χ3v) is 6.40. The molecule has 0 aliphatic carbocycles. The fraction of sp³-hybridized carbons (Fsp3) is 0.130. The molecule has 7 nitrogen and oxygen atoms in total. The number of carbonyl (C=O) groups excluding carboxylic acids is 2. The molecule has 0 bridgehead atoms. The van der Waals surface area contributed by atoms with E-state index in [1.54, 1.807) is 36.4 Å². The molecule has 3 rings (SSSR count). The third kappa shape index (κ3) is 5.66. The summed E-state index contributed by atoms with van der Waals surface area (Å²) >= 11 is 6.17. The van der Waals surface area contributed by atoms with Crippen molar-refractivity contribution in [2.45, 2.75) is 25.7 Å². The summed E-state index contributed by atoms with van der Waals surface area (Å²) in [4.78, 5) is 23.9. The van der Waals surface area contributed by atoms with Crippen molar-refractivity contribution >= 4 is 50.5 Å². The van der Waals surface area contributed by atoms with E-state index in [4.69, 9.17) is 11.6 Å². The molecule has 0 saturated carbocycles. The zero-order valence-corrected chi connectivity index (χ0v) is 19.3. The summed E-state index contributed by atoms with van der Waals surface area (Å²) in [5.74, 6) is -0.830. The second-order valence-electron chi connectivity index (χ2n) is 7.26. The summed E-state index contributed by atoms with van der Waals surface area (Å²) in [7, 11) is -3.94. The van der Waals surface area contributed by atoms with Gasteiger partial charge in [0, 0.05) is 24.0 Å². The fourth-order valence-corrected chi connectivity index (χ4v) is 4.22. The lowest BCUT2D eigenvalue weighted by Gasteiger charge is -2.12. The number of hydrogen-bond acceptors (Lipinski definition) is 4. The van der Waals surface area contributed by atoms with Crippen molar-refractivity contribution < 1.29 is 18.0 Å². The molecule has 0 saturated heterocycles. The number of anilines is 3. The zero-order valence-electron chi connectivity index (χ0n) is 17.7. The number of nitrogens with one attached hydrogen (secondary N) is 3. The molecule has 9 heteroatoms. The molecule has 0 spiro atoms. The van der Waals surface area contributed by atoms with Crippen molar-refractivity contribution in [1.82, 2.24) is 0 Å². The van der Waals surface area contributed by atoms with Crippen molar-refractivity contribution in [1.29, 1.82) is 0 Å². The van der Waals surface area contributed by atoms with Crippen LogP contribution in [0.15, 0.2) is 65.6 Å². The molecule has 0 aromatic heterocycles. The molecule has 0 atom stereocenters. The van der Waals surface area contributed by atoms with Gasteiger partial charge in [0.25, 0.3) is 15.9 Å². The normalized spacial score (nSPS) is 11.0. The second kappa shape index (κ2) is 9.42. The van der Waals surface area contributed by atoms with Gasteiger partial charge >= 0.3 is 0 Å². The van der Waals surface area contributed by atoms with Gasteiger partial charge in [0.15, 0.2) is 0 Å². The summed E-state index contributed by atoms with van der Waals surface area (Å²) in [5.41, 5.74) is 3.33. The van der Waals surface area contributed by atoms with Gasteiger partial charge in [-0.2, -0.15) is 0 Å². The molecule has 32 heavy (non-hydrogen) atoms. The Hall–Kier alpha value is -3.36. The Morgan fingerprint density at radius 1 is 0.812 bits per heavy atom. The lowest BCUT2D eigenvalue weighted by atomic mass is 10.1. The monoisotopic (exact) mass is 471 g/mol. The van der Waals surface area contributed by atoms with Crippen LogP contribution in [0.2, 0.25) is 5.02 Å². The van der Waals surface area contributed by atoms with Crippen LogP contribution in [0, 0.1) is 13.8 Å². The van der Waals surface area contributed by atoms with Gasteiger partial charge < -0.3 is 10.6 Å². The Morgan fingerprint density at radius 3 is 2.16 bits per heavy atom. The quantitative estimate of drug-likeness (QED) is 0.472. The Morgan fingerprint density at radius 2 is 1.50 bits per heavy atom. The van der Waals surface area contributed by atoms with Crippen LogP contribution in [-0.2, 0) is 14.8 Å². The average Bonchev–Trinajstić information content (AvgIpc) is 2.70. The molecular weight excluding hydrogens is 450 g/mol. The highest BCUT2D eigenvalue weighted by atomic mass is 35.5. The van der Waals surface area contributed by atoms with Crippen LogP contribution in [0.5, 0.6) is 0 Å². The number of aryl methyl sites for hydroxylation is 2. The van der Waals surface area contributed by atoms with Gasteiger partial charge in [0.2, 0.25) is 5.91 Å². The minimum absolute atomic E-state index is 0.000409. The lowest BCUT2D eigenvalue weighted by molar-refractivity contribution is -0.114. The standard InChI is InChI=1S/C23H22ClN3O4S/c1-14-7-8-19(11-15(14)2)27-32(30,31)20-9-10-22(24)21(13-20)23(29)26-18-6-4-5-17(12-18)25-16(3)28/h4-13,27H,1-3H3,(H,25,28)(H,26,29). The molecule has 166 valence electrons. The van der Waals surface area contributed by atoms with Crippen molar-refractivity contribution in [3.63, 3.8) is 0 Å². The smallest absolute Gasteiger partial charge is 0.261 e. The Kier molecular flexibility index (Phi) is 6.86.